The van der Waals surface area contributed by atoms with Crippen LogP contribution in [-0.4, -0.2) is 52.4 Å². The van der Waals surface area contributed by atoms with E-state index in [2.05, 4.69) is 20.4 Å². The fourth-order valence-corrected chi connectivity index (χ4v) is 2.02. The van der Waals surface area contributed by atoms with Crippen LogP contribution in [0.15, 0.2) is 4.99 Å². The third-order valence-corrected chi connectivity index (χ3v) is 3.61. The van der Waals surface area contributed by atoms with Gasteiger partial charge in [0.2, 0.25) is 0 Å². The van der Waals surface area contributed by atoms with Gasteiger partial charge < -0.3 is 20.1 Å². The van der Waals surface area contributed by atoms with Crippen LogP contribution >= 0.6 is 24.0 Å². The van der Waals surface area contributed by atoms with Gasteiger partial charge in [0.15, 0.2) is 5.96 Å². The van der Waals surface area contributed by atoms with Gasteiger partial charge in [-0.15, -0.1) is 24.0 Å². The summed E-state index contributed by atoms with van der Waals surface area (Å²) in [6.07, 6.45) is 7.08. The zero-order chi connectivity index (χ0) is 16.0. The standard InChI is InChI=1S/C16H31N3O3.HI/c1-17-16(18-10-5-3-4-7-15(20)21-2)19-11-6-12-22-13-14-8-9-14;/h14H,3-13H2,1-2H3,(H2,17,18,19);1H. The van der Waals surface area contributed by atoms with Crippen LogP contribution in [0.25, 0.3) is 0 Å². The molecule has 0 unspecified atom stereocenters. The number of aliphatic imine (C=N–C) groups is 1. The first-order valence-corrected chi connectivity index (χ1v) is 8.35. The summed E-state index contributed by atoms with van der Waals surface area (Å²) in [7, 11) is 3.20. The van der Waals surface area contributed by atoms with Crippen LogP contribution in [0.1, 0.15) is 44.9 Å². The maximum absolute atomic E-state index is 11.0. The number of ether oxygens (including phenoxy) is 2. The molecule has 1 aliphatic rings. The molecule has 0 radical (unpaired) electrons. The van der Waals surface area contributed by atoms with Crippen molar-refractivity contribution in [1.82, 2.24) is 10.6 Å². The first-order chi connectivity index (χ1) is 10.8. The highest BCUT2D eigenvalue weighted by molar-refractivity contribution is 14.0. The molecule has 23 heavy (non-hydrogen) atoms. The van der Waals surface area contributed by atoms with E-state index in [1.165, 1.54) is 20.0 Å². The molecule has 0 heterocycles. The van der Waals surface area contributed by atoms with E-state index in [1.54, 1.807) is 7.05 Å². The molecule has 0 aromatic rings. The van der Waals surface area contributed by atoms with Crippen molar-refractivity contribution in [2.75, 3.05) is 40.5 Å². The maximum Gasteiger partial charge on any atom is 0.305 e. The quantitative estimate of drug-likeness (QED) is 0.160. The summed E-state index contributed by atoms with van der Waals surface area (Å²) in [6.45, 7) is 3.47. The average Bonchev–Trinajstić information content (AvgIpc) is 3.35. The first-order valence-electron chi connectivity index (χ1n) is 8.35. The Kier molecular flexibility index (Phi) is 14.6. The van der Waals surface area contributed by atoms with Crippen LogP contribution in [0.5, 0.6) is 0 Å². The lowest BCUT2D eigenvalue weighted by atomic mass is 10.2. The van der Waals surface area contributed by atoms with Gasteiger partial charge >= 0.3 is 5.97 Å². The lowest BCUT2D eigenvalue weighted by Gasteiger charge is -2.11. The number of esters is 1. The number of guanidine groups is 1. The summed E-state index contributed by atoms with van der Waals surface area (Å²) in [6, 6.07) is 0. The molecule has 1 rings (SSSR count). The lowest BCUT2D eigenvalue weighted by molar-refractivity contribution is -0.140. The van der Waals surface area contributed by atoms with E-state index in [9.17, 15) is 4.79 Å². The van der Waals surface area contributed by atoms with Crippen LogP contribution < -0.4 is 10.6 Å². The molecule has 0 saturated heterocycles. The van der Waals surface area contributed by atoms with Gasteiger partial charge in [-0.2, -0.15) is 0 Å². The average molecular weight is 441 g/mol. The van der Waals surface area contributed by atoms with Crippen molar-refractivity contribution < 1.29 is 14.3 Å². The molecule has 0 aliphatic heterocycles. The molecular weight excluding hydrogens is 409 g/mol. The van der Waals surface area contributed by atoms with Gasteiger partial charge in [0.1, 0.15) is 0 Å². The molecule has 1 aliphatic carbocycles. The van der Waals surface area contributed by atoms with Gasteiger partial charge in [-0.1, -0.05) is 6.42 Å². The van der Waals surface area contributed by atoms with Crippen LogP contribution in [0.3, 0.4) is 0 Å². The minimum absolute atomic E-state index is 0. The summed E-state index contributed by atoms with van der Waals surface area (Å²) in [5.74, 6) is 1.53. The molecular formula is C16H32IN3O3. The van der Waals surface area contributed by atoms with Crippen LogP contribution in [0, 0.1) is 5.92 Å². The van der Waals surface area contributed by atoms with Crippen LogP contribution in [-0.2, 0) is 14.3 Å². The Morgan fingerprint density at radius 2 is 1.83 bits per heavy atom. The third kappa shape index (κ3) is 13.6. The number of hydrogen-bond acceptors (Lipinski definition) is 4. The molecule has 6 nitrogen and oxygen atoms in total. The number of hydrogen-bond donors (Lipinski definition) is 2. The topological polar surface area (TPSA) is 72.0 Å². The molecule has 0 amide bonds. The number of carbonyl (C=O) groups is 1. The monoisotopic (exact) mass is 441 g/mol. The fraction of sp³-hybridized carbons (Fsp3) is 0.875. The van der Waals surface area contributed by atoms with Crippen molar-refractivity contribution in [3.05, 3.63) is 0 Å². The molecule has 0 aromatic carbocycles. The number of nitrogens with zero attached hydrogens (tertiary/aromatic N) is 1. The highest BCUT2D eigenvalue weighted by Crippen LogP contribution is 2.28. The number of unbranched alkanes of at least 4 members (excludes halogenated alkanes) is 2. The Labute approximate surface area is 157 Å². The zero-order valence-corrected chi connectivity index (χ0v) is 16.8. The molecule has 0 atom stereocenters. The summed E-state index contributed by atoms with van der Waals surface area (Å²) < 4.78 is 10.2. The Balaban J connectivity index is 0.00000484. The largest absolute Gasteiger partial charge is 0.469 e. The van der Waals surface area contributed by atoms with E-state index in [4.69, 9.17) is 4.74 Å². The van der Waals surface area contributed by atoms with Gasteiger partial charge in [0.05, 0.1) is 7.11 Å². The highest BCUT2D eigenvalue weighted by atomic mass is 127. The van der Waals surface area contributed by atoms with E-state index < -0.39 is 0 Å². The molecule has 1 fully saturated rings. The molecule has 2 N–H and O–H groups in total. The molecule has 1 saturated carbocycles. The van der Waals surface area contributed by atoms with Gasteiger partial charge in [0, 0.05) is 39.8 Å². The number of halogens is 1. The Bertz CT molecular complexity index is 337. The van der Waals surface area contributed by atoms with E-state index in [0.29, 0.717) is 6.42 Å². The van der Waals surface area contributed by atoms with Gasteiger partial charge in [0.25, 0.3) is 0 Å². The number of rotatable bonds is 12. The third-order valence-electron chi connectivity index (χ3n) is 3.61. The van der Waals surface area contributed by atoms with Crippen molar-refractivity contribution in [2.45, 2.75) is 44.9 Å². The maximum atomic E-state index is 11.0. The Hall–Kier alpha value is -0.570. The number of nitrogens with one attached hydrogen (secondary N) is 2. The van der Waals surface area contributed by atoms with Crippen molar-refractivity contribution in [3.8, 4) is 0 Å². The second-order valence-electron chi connectivity index (χ2n) is 5.68. The zero-order valence-electron chi connectivity index (χ0n) is 14.4. The summed E-state index contributed by atoms with van der Waals surface area (Å²) in [4.78, 5) is 15.1. The molecule has 0 spiro atoms. The molecule has 136 valence electrons. The van der Waals surface area contributed by atoms with E-state index in [0.717, 1.165) is 63.9 Å². The van der Waals surface area contributed by atoms with Gasteiger partial charge in [-0.3, -0.25) is 9.79 Å². The van der Waals surface area contributed by atoms with Crippen LogP contribution in [0.2, 0.25) is 0 Å². The lowest BCUT2D eigenvalue weighted by Crippen LogP contribution is -2.38. The van der Waals surface area contributed by atoms with Gasteiger partial charge in [-0.05, 0) is 38.0 Å². The SMILES string of the molecule is CN=C(NCCCCCC(=O)OC)NCCCOCC1CC1.I. The van der Waals surface area contributed by atoms with E-state index in [1.807, 2.05) is 0 Å². The fourth-order valence-electron chi connectivity index (χ4n) is 2.02. The minimum atomic E-state index is -0.130. The van der Waals surface area contributed by atoms with Gasteiger partial charge in [-0.25, -0.2) is 0 Å². The normalized spacial score (nSPS) is 14.1. The minimum Gasteiger partial charge on any atom is -0.469 e. The van der Waals surface area contributed by atoms with Crippen molar-refractivity contribution in [1.29, 1.82) is 0 Å². The van der Waals surface area contributed by atoms with Crippen LogP contribution in [0.4, 0.5) is 0 Å². The molecule has 0 aromatic heterocycles. The second-order valence-corrected chi connectivity index (χ2v) is 5.68. The van der Waals surface area contributed by atoms with Crippen molar-refractivity contribution in [3.63, 3.8) is 0 Å². The highest BCUT2D eigenvalue weighted by Gasteiger charge is 2.20. The smallest absolute Gasteiger partial charge is 0.305 e. The van der Waals surface area contributed by atoms with Crippen molar-refractivity contribution in [2.24, 2.45) is 10.9 Å². The van der Waals surface area contributed by atoms with Crippen molar-refractivity contribution >= 4 is 35.9 Å². The summed E-state index contributed by atoms with van der Waals surface area (Å²) >= 11 is 0. The first kappa shape index (κ1) is 22.4. The second kappa shape index (κ2) is 15.0. The van der Waals surface area contributed by atoms with E-state index in [-0.39, 0.29) is 29.9 Å². The molecule has 0 bridgehead atoms. The Morgan fingerprint density at radius 3 is 2.43 bits per heavy atom. The summed E-state index contributed by atoms with van der Waals surface area (Å²) in [5, 5.41) is 6.55. The van der Waals surface area contributed by atoms with E-state index >= 15 is 0 Å². The predicted octanol–water partition coefficient (Wildman–Crippen LogP) is 2.32. The summed E-state index contributed by atoms with van der Waals surface area (Å²) in [5.41, 5.74) is 0. The number of carbonyl (C=O) groups excluding carboxylic acids is 1. The molecule has 7 heteroatoms. The predicted molar refractivity (Wildman–Crippen MR) is 103 cm³/mol. The number of methoxy groups -OCH3 is 1. The Morgan fingerprint density at radius 1 is 1.13 bits per heavy atom.